The molecule has 0 saturated carbocycles. The Bertz CT molecular complexity index is 1690. The van der Waals surface area contributed by atoms with Crippen LogP contribution in [-0.4, -0.2) is 54.9 Å². The Hall–Kier alpha value is -4.76. The molecule has 9 nitrogen and oxygen atoms in total. The molecule has 5 rings (SSSR count). The molecule has 1 fully saturated rings. The molecule has 4 aromatic carbocycles. The molecule has 4 aromatic rings. The quantitative estimate of drug-likeness (QED) is 0.112. The normalized spacial score (nSPS) is 20.5. The summed E-state index contributed by atoms with van der Waals surface area (Å²) >= 11 is 0. The molecule has 1 heterocycles. The minimum atomic E-state index is -0.141. The van der Waals surface area contributed by atoms with Gasteiger partial charge in [0, 0.05) is 11.8 Å². The number of hydrogen-bond donors (Lipinski definition) is 0. The van der Waals surface area contributed by atoms with E-state index in [1.165, 1.54) is 0 Å². The maximum atomic E-state index is 6.84. The van der Waals surface area contributed by atoms with Crippen LogP contribution in [0, 0.1) is 11.8 Å². The van der Waals surface area contributed by atoms with Gasteiger partial charge in [0.15, 0.2) is 46.0 Å². The highest BCUT2D eigenvalue weighted by atomic mass is 16.5. The van der Waals surface area contributed by atoms with Crippen molar-refractivity contribution in [3.8, 4) is 46.0 Å². The van der Waals surface area contributed by atoms with Crippen molar-refractivity contribution in [2.75, 3.05) is 42.7 Å². The lowest BCUT2D eigenvalue weighted by molar-refractivity contribution is 0.0287. The van der Waals surface area contributed by atoms with Crippen molar-refractivity contribution in [1.29, 1.82) is 0 Å². The summed E-state index contributed by atoms with van der Waals surface area (Å²) in [6, 6.07) is 24.1. The van der Waals surface area contributed by atoms with Crippen LogP contribution in [0.5, 0.6) is 46.0 Å². The predicted molar refractivity (Wildman–Crippen MR) is 207 cm³/mol. The fourth-order valence-corrected chi connectivity index (χ4v) is 7.06. The summed E-state index contributed by atoms with van der Waals surface area (Å²) in [6.45, 7) is 12.9. The summed E-state index contributed by atoms with van der Waals surface area (Å²) in [4.78, 5) is 0. The van der Waals surface area contributed by atoms with E-state index in [0.717, 1.165) is 22.3 Å². The molecule has 1 saturated heterocycles. The van der Waals surface area contributed by atoms with Crippen LogP contribution in [0.1, 0.15) is 87.8 Å². The summed E-state index contributed by atoms with van der Waals surface area (Å²) in [5, 5.41) is 0. The van der Waals surface area contributed by atoms with Crippen molar-refractivity contribution in [3.05, 3.63) is 95.1 Å². The fraction of sp³-hybridized carbons (Fsp3) is 0.455. The van der Waals surface area contributed by atoms with Gasteiger partial charge in [-0.05, 0) is 96.5 Å². The van der Waals surface area contributed by atoms with Gasteiger partial charge in [-0.1, -0.05) is 52.0 Å². The average Bonchev–Trinajstić information content (AvgIpc) is 3.49. The van der Waals surface area contributed by atoms with Gasteiger partial charge < -0.3 is 42.6 Å². The van der Waals surface area contributed by atoms with Crippen LogP contribution in [0.4, 0.5) is 0 Å². The SMILES string of the molecule is COc1ccc(C(C)C(C)Oc2ccc(C3OC(c4ccc(OC(C)C(C)c5ccc(OC)c(OC)c5)c(OC)c4)C(C)C3C)cc2OC)cc1OC. The van der Waals surface area contributed by atoms with Crippen LogP contribution in [0.3, 0.4) is 0 Å². The maximum Gasteiger partial charge on any atom is 0.161 e. The van der Waals surface area contributed by atoms with Gasteiger partial charge in [0.05, 0.1) is 54.9 Å². The minimum absolute atomic E-state index is 0.0805. The lowest BCUT2D eigenvalue weighted by Gasteiger charge is -2.25. The molecule has 286 valence electrons. The van der Waals surface area contributed by atoms with E-state index in [-0.39, 0.29) is 48.1 Å². The fourth-order valence-electron chi connectivity index (χ4n) is 7.06. The zero-order chi connectivity index (χ0) is 38.4. The van der Waals surface area contributed by atoms with Gasteiger partial charge in [-0.15, -0.1) is 0 Å². The van der Waals surface area contributed by atoms with Crippen LogP contribution < -0.4 is 37.9 Å². The largest absolute Gasteiger partial charge is 0.493 e. The van der Waals surface area contributed by atoms with E-state index in [2.05, 4.69) is 53.7 Å². The van der Waals surface area contributed by atoms with Crippen LogP contribution >= 0.6 is 0 Å². The molecule has 53 heavy (non-hydrogen) atoms. The molecule has 0 N–H and O–H groups in total. The standard InChI is InChI=1S/C44H56O9/c1-25-26(2)44(34-16-20-38(42(24-34)50-12)52-30(6)28(4)32-14-18-36(46-8)40(22-32)48-10)53-43(25)33-15-19-37(41(23-33)49-11)51-29(5)27(3)31-13-17-35(45-7)39(21-31)47-9/h13-30,43-44H,1-12H3. The summed E-state index contributed by atoms with van der Waals surface area (Å²) in [5.74, 6) is 6.12. The zero-order valence-corrected chi connectivity index (χ0v) is 33.2. The molecule has 8 atom stereocenters. The first-order chi connectivity index (χ1) is 25.5. The van der Waals surface area contributed by atoms with E-state index in [4.69, 9.17) is 42.6 Å². The van der Waals surface area contributed by atoms with E-state index in [9.17, 15) is 0 Å². The second kappa shape index (κ2) is 17.4. The molecule has 0 amide bonds. The van der Waals surface area contributed by atoms with Crippen LogP contribution in [0.2, 0.25) is 0 Å². The lowest BCUT2D eigenvalue weighted by Crippen LogP contribution is -2.20. The van der Waals surface area contributed by atoms with E-state index in [1.807, 2.05) is 60.7 Å². The van der Waals surface area contributed by atoms with Gasteiger partial charge in [-0.25, -0.2) is 0 Å². The molecule has 0 aliphatic carbocycles. The molecular weight excluding hydrogens is 672 g/mol. The molecule has 1 aliphatic rings. The number of rotatable bonds is 16. The number of benzene rings is 4. The molecule has 0 aromatic heterocycles. The second-order valence-corrected chi connectivity index (χ2v) is 14.0. The first kappa shape index (κ1) is 39.4. The maximum absolute atomic E-state index is 6.84. The Labute approximate surface area is 315 Å². The highest BCUT2D eigenvalue weighted by Gasteiger charge is 2.41. The minimum Gasteiger partial charge on any atom is -0.493 e. The Morgan fingerprint density at radius 1 is 0.415 bits per heavy atom. The monoisotopic (exact) mass is 728 g/mol. The van der Waals surface area contributed by atoms with E-state index < -0.39 is 0 Å². The summed E-state index contributed by atoms with van der Waals surface area (Å²) in [5.41, 5.74) is 4.27. The molecular formula is C44H56O9. The van der Waals surface area contributed by atoms with Gasteiger partial charge in [0.1, 0.15) is 12.2 Å². The van der Waals surface area contributed by atoms with Crippen molar-refractivity contribution < 1.29 is 42.6 Å². The number of hydrogen-bond acceptors (Lipinski definition) is 9. The smallest absolute Gasteiger partial charge is 0.161 e. The first-order valence-corrected chi connectivity index (χ1v) is 18.3. The molecule has 8 unspecified atom stereocenters. The first-order valence-electron chi connectivity index (χ1n) is 18.3. The highest BCUT2D eigenvalue weighted by Crippen LogP contribution is 2.51. The average molecular weight is 729 g/mol. The van der Waals surface area contributed by atoms with Crippen molar-refractivity contribution in [1.82, 2.24) is 0 Å². The molecule has 1 aliphatic heterocycles. The number of ether oxygens (including phenoxy) is 9. The Balaban J connectivity index is 1.29. The molecule has 0 radical (unpaired) electrons. The predicted octanol–water partition coefficient (Wildman–Crippen LogP) is 9.96. The van der Waals surface area contributed by atoms with Gasteiger partial charge in [-0.3, -0.25) is 0 Å². The summed E-state index contributed by atoms with van der Waals surface area (Å²) in [7, 11) is 9.90. The molecule has 9 heteroatoms. The third-order valence-corrected chi connectivity index (χ3v) is 11.0. The molecule has 0 bridgehead atoms. The topological polar surface area (TPSA) is 83.1 Å². The van der Waals surface area contributed by atoms with Crippen LogP contribution in [-0.2, 0) is 4.74 Å². The van der Waals surface area contributed by atoms with Crippen molar-refractivity contribution in [2.24, 2.45) is 11.8 Å². The van der Waals surface area contributed by atoms with Crippen molar-refractivity contribution in [2.45, 2.75) is 77.8 Å². The van der Waals surface area contributed by atoms with Gasteiger partial charge in [-0.2, -0.15) is 0 Å². The lowest BCUT2D eigenvalue weighted by atomic mass is 9.85. The van der Waals surface area contributed by atoms with Crippen LogP contribution in [0.15, 0.2) is 72.8 Å². The van der Waals surface area contributed by atoms with Gasteiger partial charge in [0.25, 0.3) is 0 Å². The van der Waals surface area contributed by atoms with Crippen LogP contribution in [0.25, 0.3) is 0 Å². The Morgan fingerprint density at radius 2 is 0.736 bits per heavy atom. The van der Waals surface area contributed by atoms with E-state index in [1.54, 1.807) is 42.7 Å². The summed E-state index contributed by atoms with van der Waals surface area (Å²) in [6.07, 6.45) is -0.549. The third kappa shape index (κ3) is 8.41. The van der Waals surface area contributed by atoms with Crippen molar-refractivity contribution >= 4 is 0 Å². The highest BCUT2D eigenvalue weighted by molar-refractivity contribution is 5.48. The Morgan fingerprint density at radius 3 is 1.08 bits per heavy atom. The van der Waals surface area contributed by atoms with Gasteiger partial charge in [0.2, 0.25) is 0 Å². The van der Waals surface area contributed by atoms with E-state index in [0.29, 0.717) is 46.0 Å². The summed E-state index contributed by atoms with van der Waals surface area (Å²) < 4.78 is 53.4. The third-order valence-electron chi connectivity index (χ3n) is 11.0. The van der Waals surface area contributed by atoms with E-state index >= 15 is 0 Å². The second-order valence-electron chi connectivity index (χ2n) is 14.0. The molecule has 0 spiro atoms. The van der Waals surface area contributed by atoms with Crippen molar-refractivity contribution in [3.63, 3.8) is 0 Å². The zero-order valence-electron chi connectivity index (χ0n) is 33.2. The van der Waals surface area contributed by atoms with Gasteiger partial charge >= 0.3 is 0 Å². The Kier molecular flexibility index (Phi) is 12.9. The number of methoxy groups -OCH3 is 6.